The van der Waals surface area contributed by atoms with Gasteiger partial charge in [0.25, 0.3) is 0 Å². The maximum atomic E-state index is 7.91. The van der Waals surface area contributed by atoms with Gasteiger partial charge in [-0.15, -0.1) is 0 Å². The second-order valence-electron chi connectivity index (χ2n) is 7.73. The summed E-state index contributed by atoms with van der Waals surface area (Å²) < 4.78 is 5.43. The minimum atomic E-state index is -0.0560. The lowest BCUT2D eigenvalue weighted by Crippen LogP contribution is -2.36. The molecule has 3 rings (SSSR count). The lowest BCUT2D eigenvalue weighted by Gasteiger charge is -2.35. The molecule has 0 saturated carbocycles. The number of unbranched alkanes of at least 4 members (excludes halogenated alkanes) is 2. The van der Waals surface area contributed by atoms with Crippen LogP contribution in [0.4, 0.5) is 5.69 Å². The van der Waals surface area contributed by atoms with E-state index in [0.29, 0.717) is 5.88 Å². The maximum absolute atomic E-state index is 7.91. The molecule has 1 aromatic heterocycles. The number of ether oxygens (including phenoxy) is 1. The van der Waals surface area contributed by atoms with Crippen molar-refractivity contribution in [3.05, 3.63) is 53.4 Å². The maximum Gasteiger partial charge on any atom is 0.216 e. The van der Waals surface area contributed by atoms with Crippen LogP contribution in [0.3, 0.4) is 0 Å². The van der Waals surface area contributed by atoms with Crippen molar-refractivity contribution in [3.63, 3.8) is 0 Å². The number of nitrogens with one attached hydrogen (secondary N) is 3. The molecule has 2 heterocycles. The average molecular weight is 393 g/mol. The number of aryl methyl sites for hydroxylation is 1. The van der Waals surface area contributed by atoms with Crippen molar-refractivity contribution in [2.45, 2.75) is 46.1 Å². The number of methoxy groups -OCH3 is 1. The summed E-state index contributed by atoms with van der Waals surface area (Å²) in [5.74, 6) is 0.597. The van der Waals surface area contributed by atoms with Crippen LogP contribution in [0.1, 0.15) is 48.9 Å². The predicted molar refractivity (Wildman–Crippen MR) is 121 cm³/mol. The number of hydrogen-bond acceptors (Lipinski definition) is 5. The van der Waals surface area contributed by atoms with E-state index in [0.717, 1.165) is 46.6 Å². The first-order valence-corrected chi connectivity index (χ1v) is 10.4. The van der Waals surface area contributed by atoms with Crippen LogP contribution in [0.15, 0.2) is 36.7 Å². The van der Waals surface area contributed by atoms with E-state index in [9.17, 15) is 0 Å². The molecule has 2 aromatic rings. The predicted octanol–water partition coefficient (Wildman–Crippen LogP) is 5.40. The van der Waals surface area contributed by atoms with Crippen LogP contribution >= 0.6 is 0 Å². The van der Waals surface area contributed by atoms with Crippen LogP contribution in [0.25, 0.3) is 11.1 Å². The zero-order chi connectivity index (χ0) is 21.0. The number of benzene rings is 1. The third kappa shape index (κ3) is 4.20. The number of aromatic nitrogens is 1. The van der Waals surface area contributed by atoms with Crippen LogP contribution in [0, 0.1) is 25.2 Å². The third-order valence-electron chi connectivity index (χ3n) is 5.72. The molecule has 0 radical (unpaired) electrons. The highest BCUT2D eigenvalue weighted by Crippen LogP contribution is 2.41. The molecule has 0 saturated heterocycles. The second kappa shape index (κ2) is 9.23. The van der Waals surface area contributed by atoms with E-state index in [1.807, 2.05) is 13.1 Å². The Bertz CT molecular complexity index is 906. The Labute approximate surface area is 174 Å². The molecule has 0 fully saturated rings. The molecular formula is C24H32N4O. The highest BCUT2D eigenvalue weighted by Gasteiger charge is 2.31. The molecule has 1 aromatic carbocycles. The molecule has 154 valence electrons. The molecule has 5 nitrogen and oxygen atoms in total. The molecule has 0 spiro atoms. The molecule has 2 unspecified atom stereocenters. The summed E-state index contributed by atoms with van der Waals surface area (Å²) in [5, 5.41) is 15.0. The summed E-state index contributed by atoms with van der Waals surface area (Å²) in [4.78, 5) is 4.38. The topological polar surface area (TPSA) is 70.0 Å². The second-order valence-corrected chi connectivity index (χ2v) is 7.73. The van der Waals surface area contributed by atoms with E-state index in [1.165, 1.54) is 24.6 Å². The Morgan fingerprint density at radius 2 is 2.10 bits per heavy atom. The molecule has 1 aliphatic rings. The first kappa shape index (κ1) is 21.1. The summed E-state index contributed by atoms with van der Waals surface area (Å²) in [5.41, 5.74) is 7.51. The molecule has 0 amide bonds. The molecule has 1 aliphatic heterocycles. The minimum absolute atomic E-state index is 0.0560. The van der Waals surface area contributed by atoms with Crippen molar-refractivity contribution in [2.75, 3.05) is 19.0 Å². The fourth-order valence-electron chi connectivity index (χ4n) is 4.18. The first-order chi connectivity index (χ1) is 14.0. The lowest BCUT2D eigenvalue weighted by molar-refractivity contribution is 0.394. The van der Waals surface area contributed by atoms with Crippen molar-refractivity contribution in [1.29, 1.82) is 5.41 Å². The van der Waals surface area contributed by atoms with Gasteiger partial charge < -0.3 is 20.8 Å². The highest BCUT2D eigenvalue weighted by molar-refractivity contribution is 5.79. The summed E-state index contributed by atoms with van der Waals surface area (Å²) in [6, 6.07) is 6.57. The molecule has 3 N–H and O–H groups in total. The number of fused-ring (bicyclic) bond motifs is 1. The van der Waals surface area contributed by atoms with Gasteiger partial charge in [-0.1, -0.05) is 38.5 Å². The van der Waals surface area contributed by atoms with Gasteiger partial charge in [0.1, 0.15) is 0 Å². The Balaban J connectivity index is 1.99. The Kier molecular flexibility index (Phi) is 6.70. The van der Waals surface area contributed by atoms with E-state index in [1.54, 1.807) is 7.11 Å². The summed E-state index contributed by atoms with van der Waals surface area (Å²) in [7, 11) is 1.65. The summed E-state index contributed by atoms with van der Waals surface area (Å²) in [6.07, 6.45) is 6.90. The summed E-state index contributed by atoms with van der Waals surface area (Å²) in [6.45, 7) is 11.5. The van der Waals surface area contributed by atoms with Gasteiger partial charge >= 0.3 is 0 Å². The van der Waals surface area contributed by atoms with Gasteiger partial charge in [0.05, 0.1) is 13.0 Å². The molecule has 0 aliphatic carbocycles. The Morgan fingerprint density at radius 3 is 2.79 bits per heavy atom. The molecule has 5 heteroatoms. The number of hydrogen-bond donors (Lipinski definition) is 3. The first-order valence-electron chi connectivity index (χ1n) is 10.4. The van der Waals surface area contributed by atoms with E-state index >= 15 is 0 Å². The van der Waals surface area contributed by atoms with E-state index in [4.69, 9.17) is 10.1 Å². The molecule has 0 bridgehead atoms. The normalized spacial score (nSPS) is 18.1. The number of rotatable bonds is 8. The van der Waals surface area contributed by atoms with Gasteiger partial charge in [-0.05, 0) is 55.1 Å². The molecule has 29 heavy (non-hydrogen) atoms. The zero-order valence-corrected chi connectivity index (χ0v) is 17.9. The van der Waals surface area contributed by atoms with Crippen molar-refractivity contribution in [2.24, 2.45) is 5.92 Å². The van der Waals surface area contributed by atoms with Gasteiger partial charge in [0.15, 0.2) is 0 Å². The monoisotopic (exact) mass is 392 g/mol. The van der Waals surface area contributed by atoms with Crippen LogP contribution in [0.2, 0.25) is 0 Å². The average Bonchev–Trinajstić information content (AvgIpc) is 2.71. The van der Waals surface area contributed by atoms with Crippen LogP contribution < -0.4 is 15.4 Å². The van der Waals surface area contributed by atoms with Gasteiger partial charge in [-0.2, -0.15) is 0 Å². The van der Waals surface area contributed by atoms with Crippen LogP contribution in [0.5, 0.6) is 5.88 Å². The van der Waals surface area contributed by atoms with Crippen molar-refractivity contribution in [1.82, 2.24) is 10.3 Å². The zero-order valence-electron chi connectivity index (χ0n) is 17.9. The number of pyridine rings is 1. The van der Waals surface area contributed by atoms with E-state index in [-0.39, 0.29) is 12.0 Å². The smallest absolute Gasteiger partial charge is 0.216 e. The van der Waals surface area contributed by atoms with E-state index in [2.05, 4.69) is 54.2 Å². The van der Waals surface area contributed by atoms with Gasteiger partial charge in [0, 0.05) is 35.4 Å². The minimum Gasteiger partial charge on any atom is -0.481 e. The summed E-state index contributed by atoms with van der Waals surface area (Å²) >= 11 is 0. The van der Waals surface area contributed by atoms with Gasteiger partial charge in [0.2, 0.25) is 5.88 Å². The van der Waals surface area contributed by atoms with Gasteiger partial charge in [-0.3, -0.25) is 0 Å². The quantitative estimate of drug-likeness (QED) is 0.415. The largest absolute Gasteiger partial charge is 0.481 e. The number of nitrogens with zero attached hydrogens (tertiary/aromatic N) is 1. The van der Waals surface area contributed by atoms with Crippen molar-refractivity contribution < 1.29 is 4.74 Å². The molecule has 2 atom stereocenters. The molecular weight excluding hydrogens is 360 g/mol. The van der Waals surface area contributed by atoms with Crippen LogP contribution in [-0.4, -0.2) is 24.9 Å². The Morgan fingerprint density at radius 1 is 1.31 bits per heavy atom. The van der Waals surface area contributed by atoms with Crippen molar-refractivity contribution in [3.8, 4) is 17.0 Å². The lowest BCUT2D eigenvalue weighted by atomic mass is 9.85. The standard InChI is InChI=1S/C24H32N4O/c1-6-7-8-11-26-23-19-10-9-18(12-21(19)28-17(4)20(23)13-25)22-15(2)14-27-24(29-5)16(22)3/h9-10,12-14,20,23,25-26,28H,4,6-8,11H2,1-3,5H3. The SMILES string of the molecule is C=C1Nc2cc(-c3c(C)cnc(OC)c3C)ccc2C(NCCCCC)C1C=N. The third-order valence-corrected chi connectivity index (χ3v) is 5.72. The Hall–Kier alpha value is -2.66. The number of anilines is 1. The van der Waals surface area contributed by atoms with Crippen LogP contribution in [-0.2, 0) is 0 Å². The van der Waals surface area contributed by atoms with Gasteiger partial charge in [-0.25, -0.2) is 4.98 Å². The fraction of sp³-hybridized carbons (Fsp3) is 0.417. The van der Waals surface area contributed by atoms with E-state index < -0.39 is 0 Å². The highest BCUT2D eigenvalue weighted by atomic mass is 16.5. The fourth-order valence-corrected chi connectivity index (χ4v) is 4.18. The van der Waals surface area contributed by atoms with Crippen molar-refractivity contribution >= 4 is 11.9 Å².